The summed E-state index contributed by atoms with van der Waals surface area (Å²) in [7, 11) is 4.34. The number of fused-ring (bicyclic) bond motifs is 2. The van der Waals surface area contributed by atoms with E-state index in [1.165, 1.54) is 13.2 Å². The molecule has 3 N–H and O–H groups in total. The standard InChI is InChI=1S/C38H40Cl2FN5O7/c1-20(18-47)46-14-13-29-27(17-46)43-36(45(29)2)37(49)44-26-10-6-9-24(33(26)39)21-7-5-8-23-22(21)11-12-30(23)53-32-15-31(51-3)25(35(41)34(32)40)16-42-28(19-48)38(50)52-4/h5-10,15,20,30,47-48H,11-14,16-19H2,1-4H3,(H,44,49)/b42-28+. The lowest BCUT2D eigenvalue weighted by Gasteiger charge is -2.30. The number of halogens is 3. The number of imidazole rings is 1. The first kappa shape index (κ1) is 38.2. The Bertz CT molecular complexity index is 2090. The molecule has 1 amide bonds. The molecule has 2 heterocycles. The van der Waals surface area contributed by atoms with Gasteiger partial charge in [-0.1, -0.05) is 53.5 Å². The monoisotopic (exact) mass is 767 g/mol. The molecule has 53 heavy (non-hydrogen) atoms. The lowest BCUT2D eigenvalue weighted by Crippen LogP contribution is -2.39. The zero-order valence-corrected chi connectivity index (χ0v) is 31.2. The van der Waals surface area contributed by atoms with Gasteiger partial charge in [-0.15, -0.1) is 0 Å². The molecule has 1 aliphatic heterocycles. The second-order valence-corrected chi connectivity index (χ2v) is 13.6. The molecular weight excluding hydrogens is 728 g/mol. The number of methoxy groups -OCH3 is 2. The fourth-order valence-corrected chi connectivity index (χ4v) is 7.40. The Morgan fingerprint density at radius 3 is 2.57 bits per heavy atom. The van der Waals surface area contributed by atoms with E-state index in [-0.39, 0.29) is 58.7 Å². The summed E-state index contributed by atoms with van der Waals surface area (Å²) in [6.45, 7) is 2.32. The number of amides is 1. The topological polar surface area (TPSA) is 148 Å². The number of nitrogens with zero attached hydrogens (tertiary/aromatic N) is 4. The van der Waals surface area contributed by atoms with Crippen molar-refractivity contribution >= 4 is 46.5 Å². The summed E-state index contributed by atoms with van der Waals surface area (Å²) >= 11 is 13.5. The van der Waals surface area contributed by atoms with Gasteiger partial charge in [-0.3, -0.25) is 14.7 Å². The quantitative estimate of drug-likeness (QED) is 0.122. The summed E-state index contributed by atoms with van der Waals surface area (Å²) in [4.78, 5) is 36.2. The highest BCUT2D eigenvalue weighted by molar-refractivity contribution is 6.37. The molecule has 0 saturated heterocycles. The Morgan fingerprint density at radius 1 is 1.09 bits per heavy atom. The smallest absolute Gasteiger partial charge is 0.354 e. The number of nitrogens with one attached hydrogen (secondary N) is 1. The zero-order chi connectivity index (χ0) is 38.0. The van der Waals surface area contributed by atoms with E-state index in [1.807, 2.05) is 48.9 Å². The van der Waals surface area contributed by atoms with Gasteiger partial charge in [0.05, 0.1) is 55.9 Å². The number of aliphatic hydroxyl groups excluding tert-OH is 2. The van der Waals surface area contributed by atoms with Gasteiger partial charge in [0.25, 0.3) is 5.91 Å². The molecule has 2 unspecified atom stereocenters. The fourth-order valence-electron chi connectivity index (χ4n) is 6.91. The zero-order valence-electron chi connectivity index (χ0n) is 29.7. The molecule has 2 atom stereocenters. The van der Waals surface area contributed by atoms with Crippen molar-refractivity contribution in [2.75, 3.05) is 39.3 Å². The van der Waals surface area contributed by atoms with Gasteiger partial charge < -0.3 is 34.3 Å². The molecule has 280 valence electrons. The first-order valence-electron chi connectivity index (χ1n) is 17.1. The number of esters is 1. The molecule has 0 bridgehead atoms. The molecule has 0 fully saturated rings. The van der Waals surface area contributed by atoms with Gasteiger partial charge in [-0.25, -0.2) is 14.2 Å². The van der Waals surface area contributed by atoms with Crippen LogP contribution < -0.4 is 14.8 Å². The van der Waals surface area contributed by atoms with Gasteiger partial charge in [0, 0.05) is 49.9 Å². The Balaban J connectivity index is 1.23. The summed E-state index contributed by atoms with van der Waals surface area (Å²) < 4.78 is 33.8. The Labute approximate surface area is 316 Å². The third-order valence-corrected chi connectivity index (χ3v) is 10.6. The number of aromatic nitrogens is 2. The summed E-state index contributed by atoms with van der Waals surface area (Å²) in [5, 5.41) is 22.1. The minimum atomic E-state index is -0.833. The van der Waals surface area contributed by atoms with Crippen molar-refractivity contribution in [3.63, 3.8) is 0 Å². The molecule has 2 aliphatic rings. The van der Waals surface area contributed by atoms with Crippen molar-refractivity contribution in [1.29, 1.82) is 0 Å². The SMILES string of the molecule is COC(=O)/C(CO)=N/Cc1c(OC)cc(OC2CCc3c(-c4cccc(NC(=O)c5nc6c(n5C)CCN(C(C)CO)C6)c4Cl)cccc32)c(Cl)c1F. The molecule has 0 radical (unpaired) electrons. The van der Waals surface area contributed by atoms with Crippen LogP contribution in [0.3, 0.4) is 0 Å². The molecule has 12 nitrogen and oxygen atoms in total. The summed E-state index contributed by atoms with van der Waals surface area (Å²) in [5.41, 5.74) is 5.43. The normalized spacial score (nSPS) is 16.2. The van der Waals surface area contributed by atoms with E-state index in [9.17, 15) is 19.8 Å². The first-order chi connectivity index (χ1) is 25.5. The van der Waals surface area contributed by atoms with Crippen molar-refractivity contribution < 1.29 is 38.4 Å². The maximum atomic E-state index is 15.6. The molecule has 0 spiro atoms. The lowest BCUT2D eigenvalue weighted by atomic mass is 9.96. The predicted octanol–water partition coefficient (Wildman–Crippen LogP) is 5.71. The van der Waals surface area contributed by atoms with Gasteiger partial charge in [0.1, 0.15) is 28.3 Å². The molecule has 1 aromatic heterocycles. The maximum Gasteiger partial charge on any atom is 0.354 e. The summed E-state index contributed by atoms with van der Waals surface area (Å²) in [6, 6.07) is 12.7. The fraction of sp³-hybridized carbons (Fsp3) is 0.368. The number of anilines is 1. The van der Waals surface area contributed by atoms with E-state index < -0.39 is 24.5 Å². The van der Waals surface area contributed by atoms with Gasteiger partial charge in [-0.05, 0) is 42.5 Å². The van der Waals surface area contributed by atoms with Crippen molar-refractivity contribution in [3.05, 3.63) is 92.2 Å². The number of ether oxygens (including phenoxy) is 3. The van der Waals surface area contributed by atoms with E-state index in [4.69, 9.17) is 32.7 Å². The number of carbonyl (C=O) groups is 2. The summed E-state index contributed by atoms with van der Waals surface area (Å²) in [6.07, 6.45) is 1.46. The van der Waals surface area contributed by atoms with Crippen LogP contribution in [0, 0.1) is 5.82 Å². The van der Waals surface area contributed by atoms with Crippen molar-refractivity contribution in [3.8, 4) is 22.6 Å². The van der Waals surface area contributed by atoms with Crippen molar-refractivity contribution in [1.82, 2.24) is 14.5 Å². The van der Waals surface area contributed by atoms with Gasteiger partial charge in [0.2, 0.25) is 0 Å². The van der Waals surface area contributed by atoms with Crippen LogP contribution in [0.5, 0.6) is 11.5 Å². The van der Waals surface area contributed by atoms with Gasteiger partial charge >= 0.3 is 5.97 Å². The van der Waals surface area contributed by atoms with E-state index >= 15 is 4.39 Å². The predicted molar refractivity (Wildman–Crippen MR) is 199 cm³/mol. The third kappa shape index (κ3) is 7.49. The molecule has 4 aromatic rings. The van der Waals surface area contributed by atoms with E-state index in [0.717, 1.165) is 53.7 Å². The number of aliphatic imine (C=N–C) groups is 1. The Morgan fingerprint density at radius 2 is 1.85 bits per heavy atom. The van der Waals surface area contributed by atoms with Crippen LogP contribution in [0.15, 0.2) is 47.5 Å². The highest BCUT2D eigenvalue weighted by atomic mass is 35.5. The van der Waals surface area contributed by atoms with Crippen LogP contribution in [-0.4, -0.2) is 82.3 Å². The summed E-state index contributed by atoms with van der Waals surface area (Å²) in [5.74, 6) is -1.59. The third-order valence-electron chi connectivity index (χ3n) is 9.85. The number of hydrogen-bond acceptors (Lipinski definition) is 10. The van der Waals surface area contributed by atoms with Crippen LogP contribution in [0.2, 0.25) is 10.0 Å². The molecule has 6 rings (SSSR count). The molecule has 1 aliphatic carbocycles. The van der Waals surface area contributed by atoms with Gasteiger partial charge in [0.15, 0.2) is 11.6 Å². The Kier molecular flexibility index (Phi) is 11.7. The second-order valence-electron chi connectivity index (χ2n) is 12.9. The number of benzene rings is 3. The Hall–Kier alpha value is -4.53. The van der Waals surface area contributed by atoms with E-state index in [1.54, 1.807) is 6.07 Å². The van der Waals surface area contributed by atoms with Crippen LogP contribution in [0.4, 0.5) is 10.1 Å². The highest BCUT2D eigenvalue weighted by Gasteiger charge is 2.31. The number of carbonyl (C=O) groups excluding carboxylic acids is 2. The van der Waals surface area contributed by atoms with E-state index in [2.05, 4.69) is 24.9 Å². The maximum absolute atomic E-state index is 15.6. The average molecular weight is 769 g/mol. The second kappa shape index (κ2) is 16.2. The van der Waals surface area contributed by atoms with Crippen LogP contribution in [-0.2, 0) is 42.5 Å². The first-order valence-corrected chi connectivity index (χ1v) is 17.8. The number of hydrogen-bond donors (Lipinski definition) is 3. The van der Waals surface area contributed by atoms with Crippen LogP contribution in [0.25, 0.3) is 11.1 Å². The van der Waals surface area contributed by atoms with E-state index in [0.29, 0.717) is 30.1 Å². The lowest BCUT2D eigenvalue weighted by molar-refractivity contribution is -0.133. The molecular formula is C38H40Cl2FN5O7. The molecule has 15 heteroatoms. The average Bonchev–Trinajstić information content (AvgIpc) is 3.74. The number of aliphatic hydroxyl groups is 2. The molecule has 0 saturated carbocycles. The minimum Gasteiger partial charge on any atom is -0.496 e. The highest BCUT2D eigenvalue weighted by Crippen LogP contribution is 2.45. The van der Waals surface area contributed by atoms with Gasteiger partial charge in [-0.2, -0.15) is 0 Å². The van der Waals surface area contributed by atoms with Crippen molar-refractivity contribution in [2.45, 2.75) is 51.4 Å². The van der Waals surface area contributed by atoms with Crippen LogP contribution >= 0.6 is 23.2 Å². The number of rotatable bonds is 12. The molecule has 3 aromatic carbocycles. The van der Waals surface area contributed by atoms with Crippen molar-refractivity contribution in [2.24, 2.45) is 12.0 Å². The largest absolute Gasteiger partial charge is 0.496 e. The van der Waals surface area contributed by atoms with Crippen LogP contribution in [0.1, 0.15) is 58.1 Å². The minimum absolute atomic E-state index is 0.00426.